The number of hydrogen-bond acceptors (Lipinski definition) is 6. The summed E-state index contributed by atoms with van der Waals surface area (Å²) in [5.41, 5.74) is 2.83. The standard InChI is InChI=1S/C22H18Cl2N6/c23-18-9-5-4-8-16(18)10-12-25-22-26-13-11-19(28-22)27-20-14-17(21(24)30-29-20)15-6-2-1-3-7-15/h1-9,11,13-14H,10,12H2,(H2,25,26,27,28,29). The lowest BCUT2D eigenvalue weighted by atomic mass is 10.1. The molecule has 0 unspecified atom stereocenters. The van der Waals surface area contributed by atoms with Gasteiger partial charge in [0, 0.05) is 23.3 Å². The van der Waals surface area contributed by atoms with E-state index in [9.17, 15) is 0 Å². The third-order valence-electron chi connectivity index (χ3n) is 4.38. The Labute approximate surface area is 184 Å². The molecule has 2 N–H and O–H groups in total. The lowest BCUT2D eigenvalue weighted by Gasteiger charge is -2.10. The van der Waals surface area contributed by atoms with Crippen LogP contribution in [0.2, 0.25) is 10.2 Å². The number of aromatic nitrogens is 4. The minimum absolute atomic E-state index is 0.344. The van der Waals surface area contributed by atoms with Crippen LogP contribution in [0.1, 0.15) is 5.56 Å². The van der Waals surface area contributed by atoms with Gasteiger partial charge in [0.05, 0.1) is 0 Å². The highest BCUT2D eigenvalue weighted by Gasteiger charge is 2.09. The molecule has 0 bridgehead atoms. The van der Waals surface area contributed by atoms with Gasteiger partial charge in [-0.15, -0.1) is 10.2 Å². The fourth-order valence-corrected chi connectivity index (χ4v) is 3.34. The Hall–Kier alpha value is -3.22. The highest BCUT2D eigenvalue weighted by Crippen LogP contribution is 2.28. The molecule has 0 amide bonds. The normalized spacial score (nSPS) is 10.6. The van der Waals surface area contributed by atoms with Gasteiger partial charge in [0.2, 0.25) is 5.95 Å². The Kier molecular flexibility index (Phi) is 6.37. The molecule has 2 aromatic carbocycles. The number of benzene rings is 2. The predicted octanol–water partition coefficient (Wildman–Crippen LogP) is 5.64. The van der Waals surface area contributed by atoms with Crippen molar-refractivity contribution in [1.82, 2.24) is 20.2 Å². The van der Waals surface area contributed by atoms with E-state index in [1.165, 1.54) is 0 Å². The SMILES string of the molecule is Clc1ccccc1CCNc1nccc(Nc2cc(-c3ccccc3)c(Cl)nn2)n1. The van der Waals surface area contributed by atoms with Crippen LogP contribution >= 0.6 is 23.2 Å². The first-order valence-corrected chi connectivity index (χ1v) is 10.1. The lowest BCUT2D eigenvalue weighted by Crippen LogP contribution is -2.09. The first-order chi connectivity index (χ1) is 14.7. The molecule has 2 aromatic heterocycles. The molecular formula is C22H18Cl2N6. The van der Waals surface area contributed by atoms with Crippen LogP contribution in [-0.4, -0.2) is 26.7 Å². The molecule has 0 radical (unpaired) electrons. The van der Waals surface area contributed by atoms with Crippen LogP contribution in [0.5, 0.6) is 0 Å². The molecule has 2 heterocycles. The van der Waals surface area contributed by atoms with Gasteiger partial charge in [-0.25, -0.2) is 4.98 Å². The van der Waals surface area contributed by atoms with E-state index in [0.29, 0.717) is 29.3 Å². The Morgan fingerprint density at radius 1 is 0.833 bits per heavy atom. The summed E-state index contributed by atoms with van der Waals surface area (Å²) in [7, 11) is 0. The molecule has 4 rings (SSSR count). The van der Waals surface area contributed by atoms with E-state index in [2.05, 4.69) is 30.8 Å². The fraction of sp³-hybridized carbons (Fsp3) is 0.0909. The van der Waals surface area contributed by atoms with Crippen LogP contribution in [-0.2, 0) is 6.42 Å². The van der Waals surface area contributed by atoms with E-state index >= 15 is 0 Å². The van der Waals surface area contributed by atoms with Crippen molar-refractivity contribution in [2.45, 2.75) is 6.42 Å². The Bertz CT molecular complexity index is 1140. The lowest BCUT2D eigenvalue weighted by molar-refractivity contribution is 0.983. The monoisotopic (exact) mass is 436 g/mol. The van der Waals surface area contributed by atoms with Gasteiger partial charge in [0.25, 0.3) is 0 Å². The van der Waals surface area contributed by atoms with E-state index in [0.717, 1.165) is 28.1 Å². The first kappa shape index (κ1) is 20.1. The van der Waals surface area contributed by atoms with E-state index in [1.807, 2.05) is 60.7 Å². The van der Waals surface area contributed by atoms with Gasteiger partial charge in [0.15, 0.2) is 11.0 Å². The van der Waals surface area contributed by atoms with Gasteiger partial charge in [-0.05, 0) is 35.7 Å². The average molecular weight is 437 g/mol. The molecule has 0 aliphatic heterocycles. The predicted molar refractivity (Wildman–Crippen MR) is 121 cm³/mol. The van der Waals surface area contributed by atoms with Gasteiger partial charge in [0.1, 0.15) is 5.82 Å². The summed E-state index contributed by atoms with van der Waals surface area (Å²) in [5, 5.41) is 15.6. The van der Waals surface area contributed by atoms with Gasteiger partial charge in [-0.3, -0.25) is 0 Å². The molecule has 8 heteroatoms. The van der Waals surface area contributed by atoms with Crippen molar-refractivity contribution in [2.75, 3.05) is 17.2 Å². The number of halogens is 2. The maximum absolute atomic E-state index is 6.23. The molecule has 0 saturated carbocycles. The molecule has 0 atom stereocenters. The molecule has 6 nitrogen and oxygen atoms in total. The van der Waals surface area contributed by atoms with Crippen LogP contribution in [0.3, 0.4) is 0 Å². The summed E-state index contributed by atoms with van der Waals surface area (Å²) in [6.45, 7) is 0.659. The summed E-state index contributed by atoms with van der Waals surface area (Å²) in [6, 6.07) is 21.2. The average Bonchev–Trinajstić information content (AvgIpc) is 2.77. The molecule has 150 valence electrons. The second-order valence-corrected chi connectivity index (χ2v) is 7.22. The maximum Gasteiger partial charge on any atom is 0.224 e. The summed E-state index contributed by atoms with van der Waals surface area (Å²) < 4.78 is 0. The Morgan fingerprint density at radius 2 is 1.63 bits per heavy atom. The minimum Gasteiger partial charge on any atom is -0.354 e. The molecule has 0 spiro atoms. The third kappa shape index (κ3) is 5.03. The number of rotatable bonds is 7. The highest BCUT2D eigenvalue weighted by molar-refractivity contribution is 6.32. The van der Waals surface area contributed by atoms with Gasteiger partial charge >= 0.3 is 0 Å². The molecule has 0 fully saturated rings. The zero-order chi connectivity index (χ0) is 20.8. The van der Waals surface area contributed by atoms with E-state index in [1.54, 1.807) is 12.3 Å². The number of nitrogens with zero attached hydrogens (tertiary/aromatic N) is 4. The van der Waals surface area contributed by atoms with Crippen LogP contribution < -0.4 is 10.6 Å². The zero-order valence-electron chi connectivity index (χ0n) is 15.9. The maximum atomic E-state index is 6.23. The minimum atomic E-state index is 0.344. The number of hydrogen-bond donors (Lipinski definition) is 2. The molecule has 30 heavy (non-hydrogen) atoms. The van der Waals surface area contributed by atoms with Gasteiger partial charge in [-0.2, -0.15) is 4.98 Å². The zero-order valence-corrected chi connectivity index (χ0v) is 17.4. The van der Waals surface area contributed by atoms with Crippen LogP contribution in [0.15, 0.2) is 72.9 Å². The second-order valence-electron chi connectivity index (χ2n) is 6.46. The topological polar surface area (TPSA) is 75.6 Å². The van der Waals surface area contributed by atoms with Crippen molar-refractivity contribution in [2.24, 2.45) is 0 Å². The summed E-state index contributed by atoms with van der Waals surface area (Å²) >= 11 is 12.4. The second kappa shape index (κ2) is 9.52. The molecule has 4 aromatic rings. The van der Waals surface area contributed by atoms with Crippen molar-refractivity contribution in [3.05, 3.63) is 88.7 Å². The largest absolute Gasteiger partial charge is 0.354 e. The smallest absolute Gasteiger partial charge is 0.224 e. The van der Waals surface area contributed by atoms with E-state index in [-0.39, 0.29) is 0 Å². The highest BCUT2D eigenvalue weighted by atomic mass is 35.5. The molecular weight excluding hydrogens is 419 g/mol. The third-order valence-corrected chi connectivity index (χ3v) is 5.03. The first-order valence-electron chi connectivity index (χ1n) is 9.35. The quantitative estimate of drug-likeness (QED) is 0.390. The van der Waals surface area contributed by atoms with Crippen LogP contribution in [0, 0.1) is 0 Å². The fourth-order valence-electron chi connectivity index (χ4n) is 2.91. The van der Waals surface area contributed by atoms with Crippen molar-refractivity contribution < 1.29 is 0 Å². The Morgan fingerprint density at radius 3 is 2.47 bits per heavy atom. The van der Waals surface area contributed by atoms with Gasteiger partial charge < -0.3 is 10.6 Å². The summed E-state index contributed by atoms with van der Waals surface area (Å²) in [6.07, 6.45) is 2.44. The number of anilines is 3. The van der Waals surface area contributed by atoms with E-state index < -0.39 is 0 Å². The molecule has 0 aliphatic carbocycles. The van der Waals surface area contributed by atoms with Crippen molar-refractivity contribution in [1.29, 1.82) is 0 Å². The van der Waals surface area contributed by atoms with Crippen LogP contribution in [0.25, 0.3) is 11.1 Å². The van der Waals surface area contributed by atoms with Crippen LogP contribution in [0.4, 0.5) is 17.6 Å². The molecule has 0 aliphatic rings. The van der Waals surface area contributed by atoms with Crippen molar-refractivity contribution in [3.63, 3.8) is 0 Å². The van der Waals surface area contributed by atoms with Crippen molar-refractivity contribution >= 4 is 40.8 Å². The Balaban J connectivity index is 1.44. The van der Waals surface area contributed by atoms with E-state index in [4.69, 9.17) is 23.2 Å². The van der Waals surface area contributed by atoms with Gasteiger partial charge in [-0.1, -0.05) is 71.7 Å². The summed E-state index contributed by atoms with van der Waals surface area (Å²) in [5.74, 6) is 1.65. The van der Waals surface area contributed by atoms with Crippen molar-refractivity contribution in [3.8, 4) is 11.1 Å². The molecule has 0 saturated heterocycles. The number of nitrogens with one attached hydrogen (secondary N) is 2. The summed E-state index contributed by atoms with van der Waals surface area (Å²) in [4.78, 5) is 8.74.